The Morgan fingerprint density at radius 3 is 2.07 bits per heavy atom. The number of nitrogen functional groups attached to an aromatic ring is 1. The topological polar surface area (TPSA) is 66.2 Å². The average Bonchev–Trinajstić information content (AvgIpc) is 2.18. The fourth-order valence-corrected chi connectivity index (χ4v) is 0.683. The van der Waals surface area contributed by atoms with Gasteiger partial charge in [-0.25, -0.2) is 0 Å². The number of rotatable bonds is 2. The molecular weight excluding hydrogens is 178 g/mol. The number of hydrogen-bond acceptors (Lipinski definition) is 3. The van der Waals surface area contributed by atoms with E-state index in [9.17, 15) is 9.90 Å². The van der Waals surface area contributed by atoms with E-state index >= 15 is 0 Å². The highest BCUT2D eigenvalue weighted by molar-refractivity contribution is 5.91. The lowest BCUT2D eigenvalue weighted by molar-refractivity contribution is -0.254. The Morgan fingerprint density at radius 1 is 1.29 bits per heavy atom. The normalized spacial score (nSPS) is 8.71. The van der Waals surface area contributed by atoms with Crippen molar-refractivity contribution in [3.63, 3.8) is 0 Å². The van der Waals surface area contributed by atoms with E-state index in [0.29, 0.717) is 0 Å². The standard InChI is InChI=1S/C7H7NO2.C4H10/c8-6-4-2-1-3-5(6)7(9)10;1-3-4-2/h1-4H,8H2,(H,9,10);3-4H2,1-2H3/p-1. The summed E-state index contributed by atoms with van der Waals surface area (Å²) in [6.45, 7) is 4.36. The van der Waals surface area contributed by atoms with Crippen molar-refractivity contribution >= 4 is 11.7 Å². The zero-order valence-corrected chi connectivity index (χ0v) is 8.62. The molecular formula is C11H16NO2-. The molecule has 0 bridgehead atoms. The maximum Gasteiger partial charge on any atom is 0.0735 e. The molecule has 0 heterocycles. The van der Waals surface area contributed by atoms with Crippen molar-refractivity contribution < 1.29 is 9.90 Å². The van der Waals surface area contributed by atoms with E-state index in [0.717, 1.165) is 0 Å². The van der Waals surface area contributed by atoms with Gasteiger partial charge in [0.15, 0.2) is 0 Å². The molecule has 0 saturated heterocycles. The summed E-state index contributed by atoms with van der Waals surface area (Å²) in [6, 6.07) is 6.19. The third kappa shape index (κ3) is 4.50. The Kier molecular flexibility index (Phi) is 6.20. The third-order valence-electron chi connectivity index (χ3n) is 1.68. The van der Waals surface area contributed by atoms with E-state index in [1.807, 2.05) is 0 Å². The average molecular weight is 194 g/mol. The lowest BCUT2D eigenvalue weighted by atomic mass is 10.2. The first-order valence-electron chi connectivity index (χ1n) is 4.69. The minimum atomic E-state index is -1.24. The number of carboxylic acid groups (broad SMARTS) is 1. The Morgan fingerprint density at radius 2 is 1.79 bits per heavy atom. The Balaban J connectivity index is 0.000000364. The summed E-state index contributed by atoms with van der Waals surface area (Å²) in [6.07, 6.45) is 2.64. The summed E-state index contributed by atoms with van der Waals surface area (Å²) >= 11 is 0. The number of carbonyl (C=O) groups is 1. The molecule has 0 saturated carbocycles. The highest BCUT2D eigenvalue weighted by Gasteiger charge is 1.95. The second-order valence-electron chi connectivity index (χ2n) is 2.87. The molecule has 0 aromatic heterocycles. The molecule has 0 amide bonds. The fraction of sp³-hybridized carbons (Fsp3) is 0.364. The maximum atomic E-state index is 10.2. The SMILES string of the molecule is CCCC.Nc1ccccc1C(=O)[O-]. The third-order valence-corrected chi connectivity index (χ3v) is 1.68. The minimum absolute atomic E-state index is 0.0440. The monoisotopic (exact) mass is 194 g/mol. The molecule has 78 valence electrons. The predicted octanol–water partition coefficient (Wildman–Crippen LogP) is 1.44. The molecule has 0 aliphatic rings. The van der Waals surface area contributed by atoms with Gasteiger partial charge in [-0.3, -0.25) is 0 Å². The zero-order valence-electron chi connectivity index (χ0n) is 8.62. The number of aromatic carboxylic acids is 1. The predicted molar refractivity (Wildman–Crippen MR) is 55.8 cm³/mol. The van der Waals surface area contributed by atoms with Crippen LogP contribution in [0.4, 0.5) is 5.69 Å². The van der Waals surface area contributed by atoms with Crippen LogP contribution in [0.2, 0.25) is 0 Å². The number of anilines is 1. The quantitative estimate of drug-likeness (QED) is 0.724. The van der Waals surface area contributed by atoms with Gasteiger partial charge in [-0.2, -0.15) is 0 Å². The van der Waals surface area contributed by atoms with Crippen LogP contribution in [0, 0.1) is 0 Å². The van der Waals surface area contributed by atoms with Crippen LogP contribution < -0.4 is 10.8 Å². The van der Waals surface area contributed by atoms with Crippen LogP contribution in [0.15, 0.2) is 24.3 Å². The van der Waals surface area contributed by atoms with Gasteiger partial charge in [-0.15, -0.1) is 0 Å². The Hall–Kier alpha value is -1.51. The van der Waals surface area contributed by atoms with E-state index in [-0.39, 0.29) is 11.3 Å². The van der Waals surface area contributed by atoms with Crippen LogP contribution in [0.25, 0.3) is 0 Å². The van der Waals surface area contributed by atoms with Crippen molar-refractivity contribution in [2.24, 2.45) is 0 Å². The minimum Gasteiger partial charge on any atom is -0.545 e. The van der Waals surface area contributed by atoms with Crippen LogP contribution in [0.5, 0.6) is 0 Å². The number of unbranched alkanes of at least 4 members (excludes halogenated alkanes) is 1. The molecule has 0 unspecified atom stereocenters. The number of benzene rings is 1. The van der Waals surface area contributed by atoms with Crippen molar-refractivity contribution in [1.29, 1.82) is 0 Å². The maximum absolute atomic E-state index is 10.2. The Labute approximate surface area is 84.6 Å². The van der Waals surface area contributed by atoms with Crippen LogP contribution in [-0.4, -0.2) is 5.97 Å². The van der Waals surface area contributed by atoms with Crippen molar-refractivity contribution in [3.8, 4) is 0 Å². The molecule has 0 spiro atoms. The van der Waals surface area contributed by atoms with E-state index in [4.69, 9.17) is 5.73 Å². The molecule has 0 aliphatic carbocycles. The molecule has 1 rings (SSSR count). The Bertz CT molecular complexity index is 282. The van der Waals surface area contributed by atoms with Gasteiger partial charge in [0.1, 0.15) is 0 Å². The van der Waals surface area contributed by atoms with E-state index in [1.165, 1.54) is 25.0 Å². The van der Waals surface area contributed by atoms with Gasteiger partial charge in [-0.1, -0.05) is 44.9 Å². The van der Waals surface area contributed by atoms with E-state index in [2.05, 4.69) is 13.8 Å². The lowest BCUT2D eigenvalue weighted by Crippen LogP contribution is -2.23. The van der Waals surface area contributed by atoms with Gasteiger partial charge in [0, 0.05) is 11.3 Å². The highest BCUT2D eigenvalue weighted by Crippen LogP contribution is 2.07. The summed E-state index contributed by atoms with van der Waals surface area (Å²) in [5, 5.41) is 10.2. The molecule has 0 fully saturated rings. The number of para-hydroxylation sites is 1. The molecule has 1 aromatic rings. The van der Waals surface area contributed by atoms with E-state index in [1.54, 1.807) is 12.1 Å². The van der Waals surface area contributed by atoms with Gasteiger partial charge in [-0.05, 0) is 6.07 Å². The zero-order chi connectivity index (χ0) is 11.0. The molecule has 0 atom stereocenters. The van der Waals surface area contributed by atoms with Gasteiger partial charge >= 0.3 is 0 Å². The second kappa shape index (κ2) is 6.95. The summed E-state index contributed by atoms with van der Waals surface area (Å²) in [5.41, 5.74) is 5.58. The molecule has 0 radical (unpaired) electrons. The first-order chi connectivity index (χ1) is 6.63. The van der Waals surface area contributed by atoms with E-state index < -0.39 is 5.97 Å². The number of carbonyl (C=O) groups excluding carboxylic acids is 1. The number of carboxylic acids is 1. The van der Waals surface area contributed by atoms with Gasteiger partial charge < -0.3 is 15.6 Å². The van der Waals surface area contributed by atoms with Crippen LogP contribution >= 0.6 is 0 Å². The van der Waals surface area contributed by atoms with Crippen LogP contribution in [0.1, 0.15) is 37.0 Å². The largest absolute Gasteiger partial charge is 0.545 e. The van der Waals surface area contributed by atoms with Crippen LogP contribution in [0.3, 0.4) is 0 Å². The second-order valence-corrected chi connectivity index (χ2v) is 2.87. The molecule has 3 nitrogen and oxygen atoms in total. The first kappa shape index (κ1) is 12.5. The fourth-order valence-electron chi connectivity index (χ4n) is 0.683. The summed E-state index contributed by atoms with van der Waals surface area (Å²) in [4.78, 5) is 10.2. The molecule has 1 aromatic carbocycles. The molecule has 14 heavy (non-hydrogen) atoms. The highest BCUT2D eigenvalue weighted by atomic mass is 16.4. The van der Waals surface area contributed by atoms with Gasteiger partial charge in [0.25, 0.3) is 0 Å². The van der Waals surface area contributed by atoms with Crippen LogP contribution in [-0.2, 0) is 0 Å². The molecule has 3 heteroatoms. The van der Waals surface area contributed by atoms with Gasteiger partial charge in [0.05, 0.1) is 5.97 Å². The summed E-state index contributed by atoms with van der Waals surface area (Å²) in [7, 11) is 0. The number of nitrogens with two attached hydrogens (primary N) is 1. The van der Waals surface area contributed by atoms with Crippen molar-refractivity contribution in [2.45, 2.75) is 26.7 Å². The summed E-state index contributed by atoms with van der Waals surface area (Å²) in [5.74, 6) is -1.24. The van der Waals surface area contributed by atoms with Crippen molar-refractivity contribution in [2.75, 3.05) is 5.73 Å². The summed E-state index contributed by atoms with van der Waals surface area (Å²) < 4.78 is 0. The van der Waals surface area contributed by atoms with Crippen molar-refractivity contribution in [1.82, 2.24) is 0 Å². The molecule has 0 aliphatic heterocycles. The first-order valence-corrected chi connectivity index (χ1v) is 4.69. The van der Waals surface area contributed by atoms with Gasteiger partial charge in [0.2, 0.25) is 0 Å². The molecule has 2 N–H and O–H groups in total. The lowest BCUT2D eigenvalue weighted by Gasteiger charge is -2.03. The van der Waals surface area contributed by atoms with Crippen molar-refractivity contribution in [3.05, 3.63) is 29.8 Å². The smallest absolute Gasteiger partial charge is 0.0735 e. The number of hydrogen-bond donors (Lipinski definition) is 1.